The van der Waals surface area contributed by atoms with E-state index in [0.29, 0.717) is 24.2 Å². The average molecular weight is 665 g/mol. The Morgan fingerprint density at radius 2 is 0.723 bits per heavy atom. The number of benzene rings is 4. The third-order valence-corrected chi connectivity index (χ3v) is 18.3. The molecule has 0 unspecified atom stereocenters. The molecule has 0 aliphatic rings. The van der Waals surface area contributed by atoms with Crippen molar-refractivity contribution in [3.05, 3.63) is 146 Å². The van der Waals surface area contributed by atoms with Crippen LogP contribution in [-0.4, -0.2) is 49.6 Å². The van der Waals surface area contributed by atoms with Gasteiger partial charge in [0.2, 0.25) is 11.8 Å². The van der Waals surface area contributed by atoms with E-state index in [0.717, 1.165) is 43.9 Å². The first-order chi connectivity index (χ1) is 22.8. The van der Waals surface area contributed by atoms with Crippen molar-refractivity contribution in [2.75, 3.05) is 37.7 Å². The van der Waals surface area contributed by atoms with Gasteiger partial charge in [-0.05, 0) is 75.2 Å². The molecule has 6 heteroatoms. The molecule has 0 aliphatic carbocycles. The zero-order chi connectivity index (χ0) is 33.5. The van der Waals surface area contributed by atoms with Crippen LogP contribution in [-0.2, 0) is 9.59 Å². The molecule has 0 saturated carbocycles. The Kier molecular flexibility index (Phi) is 13.7. The minimum absolute atomic E-state index is 0.0758. The molecule has 4 nitrogen and oxygen atoms in total. The summed E-state index contributed by atoms with van der Waals surface area (Å²) in [6, 6.07) is 44.3. The minimum Gasteiger partial charge on any atom is -0.352 e. The van der Waals surface area contributed by atoms with Gasteiger partial charge in [-0.2, -0.15) is 0 Å². The zero-order valence-corrected chi connectivity index (χ0v) is 29.8. The fraction of sp³-hybridized carbons (Fsp3) is 0.268. The summed E-state index contributed by atoms with van der Waals surface area (Å²) in [5.74, 6) is -0.152. The van der Waals surface area contributed by atoms with Crippen LogP contribution in [0.15, 0.2) is 146 Å². The van der Waals surface area contributed by atoms with E-state index in [2.05, 4.69) is 145 Å². The minimum atomic E-state index is -1.83. The Morgan fingerprint density at radius 1 is 0.468 bits per heavy atom. The molecule has 4 aromatic rings. The van der Waals surface area contributed by atoms with Gasteiger partial charge in [0.1, 0.15) is 0 Å². The molecule has 0 bridgehead atoms. The molecule has 0 heterocycles. The highest BCUT2D eigenvalue weighted by atomic mass is 31.2. The molecule has 244 valence electrons. The fourth-order valence-electron chi connectivity index (χ4n) is 6.42. The van der Waals surface area contributed by atoms with Crippen LogP contribution in [0.4, 0.5) is 0 Å². The molecular weight excluding hydrogens is 614 g/mol. The number of hydrogen-bond donors (Lipinski definition) is 2. The Hall–Kier alpha value is -3.84. The van der Waals surface area contributed by atoms with Crippen molar-refractivity contribution >= 4 is 47.6 Å². The Bertz CT molecular complexity index is 1390. The molecule has 0 radical (unpaired) electrons. The molecule has 0 saturated heterocycles. The van der Waals surface area contributed by atoms with Crippen molar-refractivity contribution in [2.24, 2.45) is 0 Å². The van der Waals surface area contributed by atoms with Crippen molar-refractivity contribution in [3.63, 3.8) is 0 Å². The van der Waals surface area contributed by atoms with Crippen molar-refractivity contribution in [3.8, 4) is 0 Å². The van der Waals surface area contributed by atoms with Gasteiger partial charge in [0.05, 0.1) is 60.4 Å². The third-order valence-electron chi connectivity index (χ3n) is 8.86. The summed E-state index contributed by atoms with van der Waals surface area (Å²) < 4.78 is 0. The van der Waals surface area contributed by atoms with E-state index in [-0.39, 0.29) is 11.8 Å². The average Bonchev–Trinajstić information content (AvgIpc) is 3.11. The quantitative estimate of drug-likeness (QED) is 0.0693. The fourth-order valence-corrected chi connectivity index (χ4v) is 15.5. The number of nitrogens with one attached hydrogen (secondary N) is 2. The van der Waals surface area contributed by atoms with Crippen LogP contribution in [0.3, 0.4) is 0 Å². The number of carbonyl (C=O) groups is 2. The lowest BCUT2D eigenvalue weighted by molar-refractivity contribution is -0.118. The van der Waals surface area contributed by atoms with Crippen LogP contribution in [0, 0.1) is 0 Å². The predicted octanol–water partition coefficient (Wildman–Crippen LogP) is 6.88. The molecule has 4 aromatic carbocycles. The maximum atomic E-state index is 12.3. The van der Waals surface area contributed by atoms with E-state index in [9.17, 15) is 9.59 Å². The summed E-state index contributed by atoms with van der Waals surface area (Å²) in [5.41, 5.74) is 1.08. The molecule has 0 atom stereocenters. The van der Waals surface area contributed by atoms with Crippen molar-refractivity contribution < 1.29 is 9.59 Å². The number of rotatable bonds is 18. The second kappa shape index (κ2) is 17.9. The number of amides is 2. The van der Waals surface area contributed by atoms with Gasteiger partial charge in [0.25, 0.3) is 0 Å². The van der Waals surface area contributed by atoms with Crippen LogP contribution in [0.2, 0.25) is 0 Å². The van der Waals surface area contributed by atoms with Gasteiger partial charge in [-0.3, -0.25) is 9.59 Å². The summed E-state index contributed by atoms with van der Waals surface area (Å²) >= 11 is 0. The SMILES string of the molecule is C=C(C)C(=O)NCCC[P+](CCC[P+](CCCNC(=O)C(=C)C)(c1ccccc1)c1ccccc1)(c1ccccc1)c1ccccc1. The van der Waals surface area contributed by atoms with Crippen molar-refractivity contribution in [2.45, 2.75) is 33.1 Å². The molecule has 0 spiro atoms. The van der Waals surface area contributed by atoms with E-state index < -0.39 is 14.5 Å². The zero-order valence-electron chi connectivity index (χ0n) is 28.0. The lowest BCUT2D eigenvalue weighted by atomic mass is 10.3. The molecular formula is C41H50N2O2P2+2. The summed E-state index contributed by atoms with van der Waals surface area (Å²) in [5, 5.41) is 11.8. The molecule has 0 aliphatic heterocycles. The predicted molar refractivity (Wildman–Crippen MR) is 207 cm³/mol. The Morgan fingerprint density at radius 3 is 0.979 bits per heavy atom. The summed E-state index contributed by atoms with van der Waals surface area (Å²) in [4.78, 5) is 24.6. The van der Waals surface area contributed by atoms with Crippen LogP contribution >= 0.6 is 14.5 Å². The van der Waals surface area contributed by atoms with Gasteiger partial charge in [0, 0.05) is 30.7 Å². The second-order valence-electron chi connectivity index (χ2n) is 12.3. The highest BCUT2D eigenvalue weighted by molar-refractivity contribution is 7.90. The molecule has 2 amide bonds. The van der Waals surface area contributed by atoms with E-state index >= 15 is 0 Å². The van der Waals surface area contributed by atoms with E-state index in [1.807, 2.05) is 0 Å². The van der Waals surface area contributed by atoms with Gasteiger partial charge >= 0.3 is 0 Å². The summed E-state index contributed by atoms with van der Waals surface area (Å²) in [6.45, 7) is 12.4. The summed E-state index contributed by atoms with van der Waals surface area (Å²) in [6.07, 6.45) is 7.09. The lowest BCUT2D eigenvalue weighted by Crippen LogP contribution is -2.33. The van der Waals surface area contributed by atoms with Gasteiger partial charge in [0.15, 0.2) is 0 Å². The normalized spacial score (nSPS) is 11.4. The van der Waals surface area contributed by atoms with Crippen LogP contribution in [0.1, 0.15) is 33.1 Å². The van der Waals surface area contributed by atoms with Gasteiger partial charge in [-0.15, -0.1) is 0 Å². The standard InChI is InChI=1S/C41H48N2O2P2/c1-34(2)40(44)42-28-17-30-46(36-20-9-5-10-21-36,37-22-11-6-12-23-37)32-19-33-47(38-24-13-7-14-25-38,39-26-15-8-16-27-39)31-18-29-43-41(45)35(3)4/h5-16,20-27H,1,3,17-19,28-33H2,2,4H3/p+2. The number of hydrogen-bond acceptors (Lipinski definition) is 2. The maximum absolute atomic E-state index is 12.3. The van der Waals surface area contributed by atoms with E-state index in [1.165, 1.54) is 21.2 Å². The van der Waals surface area contributed by atoms with Crippen LogP contribution < -0.4 is 31.9 Å². The highest BCUT2D eigenvalue weighted by Crippen LogP contribution is 2.61. The van der Waals surface area contributed by atoms with Gasteiger partial charge < -0.3 is 10.6 Å². The second-order valence-corrected chi connectivity index (χ2v) is 20.0. The van der Waals surface area contributed by atoms with E-state index in [1.54, 1.807) is 13.8 Å². The molecule has 47 heavy (non-hydrogen) atoms. The third kappa shape index (κ3) is 9.60. The first-order valence-electron chi connectivity index (χ1n) is 16.6. The monoisotopic (exact) mass is 664 g/mol. The Balaban J connectivity index is 1.69. The molecule has 0 aromatic heterocycles. The summed E-state index contributed by atoms with van der Waals surface area (Å²) in [7, 11) is -3.66. The lowest BCUT2D eigenvalue weighted by Gasteiger charge is -2.31. The first kappa shape index (κ1) is 36.0. The molecule has 4 rings (SSSR count). The van der Waals surface area contributed by atoms with Gasteiger partial charge in [-0.25, -0.2) is 0 Å². The van der Waals surface area contributed by atoms with Crippen LogP contribution in [0.5, 0.6) is 0 Å². The smallest absolute Gasteiger partial charge is 0.246 e. The van der Waals surface area contributed by atoms with Crippen molar-refractivity contribution in [1.82, 2.24) is 10.6 Å². The number of carbonyl (C=O) groups excluding carboxylic acids is 2. The van der Waals surface area contributed by atoms with Crippen molar-refractivity contribution in [1.29, 1.82) is 0 Å². The topological polar surface area (TPSA) is 58.2 Å². The first-order valence-corrected chi connectivity index (χ1v) is 20.9. The highest BCUT2D eigenvalue weighted by Gasteiger charge is 2.46. The molecule has 2 N–H and O–H groups in total. The van der Waals surface area contributed by atoms with Gasteiger partial charge in [-0.1, -0.05) is 86.0 Å². The molecule has 0 fully saturated rings. The maximum Gasteiger partial charge on any atom is 0.246 e. The van der Waals surface area contributed by atoms with E-state index in [4.69, 9.17) is 0 Å². The largest absolute Gasteiger partial charge is 0.352 e. The Labute approximate surface area is 283 Å². The van der Waals surface area contributed by atoms with Crippen LogP contribution in [0.25, 0.3) is 0 Å².